The first-order valence-corrected chi connectivity index (χ1v) is 2.42. The number of thiocarbonyl (C=S) groups is 1. The minimum atomic E-state index is 0. The second-order valence-corrected chi connectivity index (χ2v) is 1.68. The van der Waals surface area contributed by atoms with Crippen LogP contribution in [0.2, 0.25) is 0 Å². The molecule has 0 aromatic rings. The smallest absolute Gasteiger partial charge is 0.0830 e. The first-order valence-electron chi connectivity index (χ1n) is 1.61. The second kappa shape index (κ2) is 5.98. The molecular weight excluding hydrogens is 128 g/mol. The molecule has 0 bridgehead atoms. The minimum absolute atomic E-state index is 0. The predicted molar refractivity (Wildman–Crippen MR) is 38.0 cm³/mol. The molecule has 0 rings (SSSR count). The van der Waals surface area contributed by atoms with E-state index in [1.807, 2.05) is 6.92 Å². The van der Waals surface area contributed by atoms with Crippen molar-refractivity contribution in [2.24, 2.45) is 0 Å². The van der Waals surface area contributed by atoms with Gasteiger partial charge in [0.2, 0.25) is 0 Å². The summed E-state index contributed by atoms with van der Waals surface area (Å²) < 4.78 is 4.79. The lowest BCUT2D eigenvalue weighted by atomic mass is 10.9. The zero-order valence-corrected chi connectivity index (χ0v) is 6.06. The van der Waals surface area contributed by atoms with Gasteiger partial charge in [-0.3, -0.25) is 0 Å². The maximum atomic E-state index is 4.59. The van der Waals surface area contributed by atoms with Gasteiger partial charge in [0, 0.05) is 11.8 Å². The van der Waals surface area contributed by atoms with E-state index in [0.717, 1.165) is 0 Å². The second-order valence-electron chi connectivity index (χ2n) is 0.683. The van der Waals surface area contributed by atoms with Crippen LogP contribution in [0.1, 0.15) is 6.92 Å². The van der Waals surface area contributed by atoms with E-state index in [4.69, 9.17) is 0 Å². The molecule has 0 saturated heterocycles. The van der Waals surface area contributed by atoms with Crippen LogP contribution in [0.5, 0.6) is 0 Å². The van der Waals surface area contributed by atoms with Gasteiger partial charge < -0.3 is 29.6 Å². The predicted octanol–water partition coefficient (Wildman–Crippen LogP) is 1.30. The number of rotatable bonds is 1. The van der Waals surface area contributed by atoms with Gasteiger partial charge >= 0.3 is 0 Å². The molecule has 0 unspecified atom stereocenters. The Morgan fingerprint density at radius 2 is 2.29 bits per heavy atom. The van der Waals surface area contributed by atoms with Crippen molar-refractivity contribution in [1.82, 2.24) is 0 Å². The minimum Gasteiger partial charge on any atom is -0.514 e. The van der Waals surface area contributed by atoms with E-state index in [0.29, 0.717) is 6.61 Å². The molecule has 0 fully saturated rings. The van der Waals surface area contributed by atoms with Crippen LogP contribution in [-0.2, 0) is 17.4 Å². The van der Waals surface area contributed by atoms with Crippen molar-refractivity contribution in [3.63, 3.8) is 0 Å². The Balaban J connectivity index is 0. The lowest BCUT2D eigenvalue weighted by Crippen LogP contribution is -1.93. The lowest BCUT2D eigenvalue weighted by Gasteiger charge is -2.02. The molecule has 0 amide bonds. The average molecular weight is 136 g/mol. The number of ether oxygens (including phenoxy) is 1. The van der Waals surface area contributed by atoms with Gasteiger partial charge in [-0.05, 0) is 6.92 Å². The molecule has 0 aliphatic rings. The molecule has 0 saturated carbocycles. The van der Waals surface area contributed by atoms with E-state index < -0.39 is 0 Å². The van der Waals surface area contributed by atoms with Crippen molar-refractivity contribution >= 4 is 29.2 Å². The quantitative estimate of drug-likeness (QED) is 0.305. The molecule has 0 aliphatic heterocycles. The SMILES string of the molecule is CCOC(=S)[S-].[CH3+]. The van der Waals surface area contributed by atoms with Crippen LogP contribution in [0.4, 0.5) is 0 Å². The van der Waals surface area contributed by atoms with Gasteiger partial charge in [-0.1, -0.05) is 0 Å². The Morgan fingerprint density at radius 1 is 1.86 bits per heavy atom. The van der Waals surface area contributed by atoms with Crippen molar-refractivity contribution < 1.29 is 4.74 Å². The van der Waals surface area contributed by atoms with Crippen molar-refractivity contribution in [2.75, 3.05) is 6.61 Å². The summed E-state index contributed by atoms with van der Waals surface area (Å²) in [6.07, 6.45) is 0. The van der Waals surface area contributed by atoms with Crippen LogP contribution in [-0.4, -0.2) is 11.0 Å². The van der Waals surface area contributed by atoms with Gasteiger partial charge in [-0.15, -0.1) is 0 Å². The Labute approximate surface area is 55.5 Å². The summed E-state index contributed by atoms with van der Waals surface area (Å²) in [5.41, 5.74) is 0. The molecule has 42 valence electrons. The molecule has 0 heterocycles. The highest BCUT2D eigenvalue weighted by Crippen LogP contribution is 1.73. The highest BCUT2D eigenvalue weighted by molar-refractivity contribution is 7.99. The van der Waals surface area contributed by atoms with E-state index >= 15 is 0 Å². The number of hydrogen-bond acceptors (Lipinski definition) is 3. The van der Waals surface area contributed by atoms with Gasteiger partial charge in [-0.25, -0.2) is 0 Å². The summed E-state index contributed by atoms with van der Waals surface area (Å²) in [6.45, 7) is 2.43. The average Bonchev–Trinajstić information content (AvgIpc) is 1.35. The van der Waals surface area contributed by atoms with Crippen LogP contribution in [0, 0.1) is 7.43 Å². The van der Waals surface area contributed by atoms with E-state index in [1.54, 1.807) is 0 Å². The van der Waals surface area contributed by atoms with Crippen molar-refractivity contribution in [1.29, 1.82) is 0 Å². The highest BCUT2D eigenvalue weighted by atomic mass is 32.1. The molecule has 0 aromatic heterocycles. The third-order valence-electron chi connectivity index (χ3n) is 0.262. The fraction of sp³-hybridized carbons (Fsp3) is 0.500. The third-order valence-corrected chi connectivity index (χ3v) is 0.498. The van der Waals surface area contributed by atoms with Gasteiger partial charge in [0.25, 0.3) is 0 Å². The fourth-order valence-corrected chi connectivity index (χ4v) is 0.354. The Morgan fingerprint density at radius 3 is 2.29 bits per heavy atom. The third kappa shape index (κ3) is 10.7. The van der Waals surface area contributed by atoms with E-state index in [9.17, 15) is 0 Å². The Hall–Kier alpha value is -0.0200. The van der Waals surface area contributed by atoms with Crippen LogP contribution in [0.15, 0.2) is 0 Å². The maximum absolute atomic E-state index is 4.59. The van der Waals surface area contributed by atoms with E-state index in [-0.39, 0.29) is 11.8 Å². The highest BCUT2D eigenvalue weighted by Gasteiger charge is 1.65. The van der Waals surface area contributed by atoms with Crippen LogP contribution < -0.4 is 0 Å². The zero-order chi connectivity index (χ0) is 4.99. The van der Waals surface area contributed by atoms with Gasteiger partial charge in [0.05, 0.1) is 6.61 Å². The van der Waals surface area contributed by atoms with Crippen molar-refractivity contribution in [2.45, 2.75) is 6.92 Å². The van der Waals surface area contributed by atoms with Crippen molar-refractivity contribution in [3.8, 4) is 0 Å². The lowest BCUT2D eigenvalue weighted by molar-refractivity contribution is 0.346. The van der Waals surface area contributed by atoms with Crippen molar-refractivity contribution in [3.05, 3.63) is 7.43 Å². The normalized spacial score (nSPS) is 6.43. The Bertz CT molecular complexity index is 53.7. The molecule has 0 spiro atoms. The number of hydrogen-bond donors (Lipinski definition) is 0. The molecule has 0 aromatic carbocycles. The summed E-state index contributed by atoms with van der Waals surface area (Å²) in [7, 11) is 0. The van der Waals surface area contributed by atoms with Crippen LogP contribution in [0.25, 0.3) is 0 Å². The summed E-state index contributed by atoms with van der Waals surface area (Å²) >= 11 is 8.77. The zero-order valence-electron chi connectivity index (χ0n) is 4.43. The van der Waals surface area contributed by atoms with Gasteiger partial charge in [-0.2, -0.15) is 0 Å². The molecule has 3 heteroatoms. The standard InChI is InChI=1S/C3H6OS2.CH3/c1-2-4-3(5)6;/h2H2,1H3,(H,5,6);1H3/q;+1/p-1. The maximum Gasteiger partial charge on any atom is 0.0830 e. The van der Waals surface area contributed by atoms with Gasteiger partial charge in [0.15, 0.2) is 0 Å². The summed E-state index contributed by atoms with van der Waals surface area (Å²) in [4.78, 5) is 0. The first kappa shape index (κ1) is 10.1. The summed E-state index contributed by atoms with van der Waals surface area (Å²) in [5, 5.41) is 0. The van der Waals surface area contributed by atoms with Gasteiger partial charge in [0.1, 0.15) is 0 Å². The molecular formula is C4H8OS2. The molecule has 0 atom stereocenters. The topological polar surface area (TPSA) is 9.23 Å². The van der Waals surface area contributed by atoms with E-state index in [1.165, 1.54) is 0 Å². The molecule has 7 heavy (non-hydrogen) atoms. The largest absolute Gasteiger partial charge is 0.514 e. The van der Waals surface area contributed by atoms with E-state index in [2.05, 4.69) is 29.6 Å². The summed E-state index contributed by atoms with van der Waals surface area (Å²) in [5.74, 6) is 0. The summed E-state index contributed by atoms with van der Waals surface area (Å²) in [6, 6.07) is 0. The molecule has 0 N–H and O–H groups in total. The first-order chi connectivity index (χ1) is 2.77. The monoisotopic (exact) mass is 136 g/mol. The Kier molecular flexibility index (Phi) is 8.60. The molecule has 1 nitrogen and oxygen atoms in total. The molecule has 0 radical (unpaired) electrons. The van der Waals surface area contributed by atoms with Crippen LogP contribution in [0.3, 0.4) is 0 Å². The van der Waals surface area contributed by atoms with Crippen LogP contribution >= 0.6 is 12.2 Å². The fourth-order valence-electron chi connectivity index (χ4n) is 0.118. The molecule has 0 aliphatic carbocycles.